The Morgan fingerprint density at radius 2 is 1.56 bits per heavy atom. The molecule has 0 heterocycles. The van der Waals surface area contributed by atoms with Crippen LogP contribution >= 0.6 is 11.6 Å². The number of ketones is 3. The van der Waals surface area contributed by atoms with Crippen LogP contribution in [0.3, 0.4) is 0 Å². The van der Waals surface area contributed by atoms with Gasteiger partial charge in [0, 0.05) is 23.4 Å². The monoisotopic (exact) mass is 236 g/mol. The number of carbonyl (C=O) groups is 3. The molecular weight excluding hydrogens is 228 g/mol. The molecule has 82 valence electrons. The summed E-state index contributed by atoms with van der Waals surface area (Å²) in [7, 11) is 0. The third kappa shape index (κ3) is 1.91. The van der Waals surface area contributed by atoms with Crippen molar-refractivity contribution in [1.29, 1.82) is 0 Å². The standard InChI is InChI=1S/C12H9ClO3/c13-8-3-1-7(2-4-8)12(16)11-9(14)5-6-10(11)15/h1-4,11H,5-6H2. The Kier molecular flexibility index (Phi) is 2.88. The number of carbonyl (C=O) groups excluding carboxylic acids is 3. The van der Waals surface area contributed by atoms with Crippen molar-refractivity contribution in [3.8, 4) is 0 Å². The molecule has 0 unspecified atom stereocenters. The molecule has 0 radical (unpaired) electrons. The first kappa shape index (κ1) is 11.0. The zero-order valence-electron chi connectivity index (χ0n) is 8.40. The molecule has 0 aromatic heterocycles. The lowest BCUT2D eigenvalue weighted by molar-refractivity contribution is -0.125. The molecule has 1 aliphatic rings. The summed E-state index contributed by atoms with van der Waals surface area (Å²) in [5.41, 5.74) is 0.359. The van der Waals surface area contributed by atoms with Crippen molar-refractivity contribution >= 4 is 29.0 Å². The van der Waals surface area contributed by atoms with E-state index in [0.29, 0.717) is 10.6 Å². The summed E-state index contributed by atoms with van der Waals surface area (Å²) in [4.78, 5) is 34.7. The Bertz CT molecular complexity index is 446. The van der Waals surface area contributed by atoms with E-state index in [2.05, 4.69) is 0 Å². The Morgan fingerprint density at radius 3 is 2.06 bits per heavy atom. The highest BCUT2D eigenvalue weighted by molar-refractivity contribution is 6.31. The number of rotatable bonds is 2. The van der Waals surface area contributed by atoms with Crippen molar-refractivity contribution in [3.63, 3.8) is 0 Å². The summed E-state index contributed by atoms with van der Waals surface area (Å²) in [6.45, 7) is 0. The topological polar surface area (TPSA) is 51.2 Å². The van der Waals surface area contributed by atoms with E-state index in [-0.39, 0.29) is 24.4 Å². The highest BCUT2D eigenvalue weighted by atomic mass is 35.5. The first-order valence-corrected chi connectivity index (χ1v) is 5.32. The van der Waals surface area contributed by atoms with Crippen molar-refractivity contribution < 1.29 is 14.4 Å². The SMILES string of the molecule is O=C1CCC(=O)C1C(=O)c1ccc(Cl)cc1. The second kappa shape index (κ2) is 4.18. The quantitative estimate of drug-likeness (QED) is 0.584. The maximum Gasteiger partial charge on any atom is 0.180 e. The molecule has 1 aromatic rings. The number of benzene rings is 1. The van der Waals surface area contributed by atoms with Gasteiger partial charge in [0.1, 0.15) is 5.92 Å². The normalized spacial score (nSPS) is 16.8. The number of hydrogen-bond acceptors (Lipinski definition) is 3. The number of Topliss-reactive ketones (excluding diaryl/α,β-unsaturated/α-hetero) is 3. The summed E-state index contributed by atoms with van der Waals surface area (Å²) in [5.74, 6) is -2.04. The molecular formula is C12H9ClO3. The van der Waals surface area contributed by atoms with Crippen LogP contribution in [0.15, 0.2) is 24.3 Å². The van der Waals surface area contributed by atoms with Crippen LogP contribution in [-0.4, -0.2) is 17.3 Å². The van der Waals surface area contributed by atoms with Crippen molar-refractivity contribution in [2.75, 3.05) is 0 Å². The minimum absolute atomic E-state index is 0.183. The maximum atomic E-state index is 11.9. The molecule has 1 saturated carbocycles. The van der Waals surface area contributed by atoms with Gasteiger partial charge in [0.25, 0.3) is 0 Å². The summed E-state index contributed by atoms with van der Waals surface area (Å²) >= 11 is 5.69. The van der Waals surface area contributed by atoms with Gasteiger partial charge < -0.3 is 0 Å². The van der Waals surface area contributed by atoms with Crippen LogP contribution in [0.2, 0.25) is 5.02 Å². The molecule has 0 amide bonds. The fourth-order valence-corrected chi connectivity index (χ4v) is 1.91. The Labute approximate surface area is 97.4 Å². The zero-order valence-corrected chi connectivity index (χ0v) is 9.16. The van der Waals surface area contributed by atoms with Crippen LogP contribution < -0.4 is 0 Å². The van der Waals surface area contributed by atoms with Crippen LogP contribution in [0.5, 0.6) is 0 Å². The minimum Gasteiger partial charge on any atom is -0.298 e. The molecule has 0 saturated heterocycles. The molecule has 0 spiro atoms. The van der Waals surface area contributed by atoms with E-state index >= 15 is 0 Å². The fourth-order valence-electron chi connectivity index (χ4n) is 1.79. The van der Waals surface area contributed by atoms with Gasteiger partial charge in [-0.1, -0.05) is 11.6 Å². The van der Waals surface area contributed by atoms with Crippen LogP contribution in [-0.2, 0) is 9.59 Å². The van der Waals surface area contributed by atoms with Crippen LogP contribution in [0.25, 0.3) is 0 Å². The van der Waals surface area contributed by atoms with Crippen LogP contribution in [0.1, 0.15) is 23.2 Å². The second-order valence-corrected chi connectivity index (χ2v) is 4.17. The third-order valence-electron chi connectivity index (χ3n) is 2.65. The second-order valence-electron chi connectivity index (χ2n) is 3.74. The fraction of sp³-hybridized carbons (Fsp3) is 0.250. The summed E-state index contributed by atoms with van der Waals surface area (Å²) < 4.78 is 0. The van der Waals surface area contributed by atoms with E-state index in [9.17, 15) is 14.4 Å². The Morgan fingerprint density at radius 1 is 1.06 bits per heavy atom. The van der Waals surface area contributed by atoms with Gasteiger partial charge in [0.15, 0.2) is 17.3 Å². The molecule has 1 aromatic carbocycles. The largest absolute Gasteiger partial charge is 0.298 e. The van der Waals surface area contributed by atoms with Gasteiger partial charge in [0.2, 0.25) is 0 Å². The lowest BCUT2D eigenvalue weighted by atomic mass is 9.95. The molecule has 2 rings (SSSR count). The summed E-state index contributed by atoms with van der Waals surface area (Å²) in [6.07, 6.45) is 0.367. The van der Waals surface area contributed by atoms with Gasteiger partial charge in [-0.15, -0.1) is 0 Å². The van der Waals surface area contributed by atoms with Gasteiger partial charge in [-0.3, -0.25) is 14.4 Å². The van der Waals surface area contributed by atoms with Crippen molar-refractivity contribution in [3.05, 3.63) is 34.9 Å². The molecule has 16 heavy (non-hydrogen) atoms. The zero-order chi connectivity index (χ0) is 11.7. The van der Waals surface area contributed by atoms with E-state index in [1.54, 1.807) is 12.1 Å². The van der Waals surface area contributed by atoms with Crippen LogP contribution in [0.4, 0.5) is 0 Å². The molecule has 0 atom stereocenters. The van der Waals surface area contributed by atoms with Gasteiger partial charge in [0.05, 0.1) is 0 Å². The number of hydrogen-bond donors (Lipinski definition) is 0. The predicted molar refractivity (Wildman–Crippen MR) is 58.5 cm³/mol. The van der Waals surface area contributed by atoms with E-state index in [1.165, 1.54) is 12.1 Å². The molecule has 3 nitrogen and oxygen atoms in total. The summed E-state index contributed by atoms with van der Waals surface area (Å²) in [6, 6.07) is 6.20. The van der Waals surface area contributed by atoms with E-state index in [4.69, 9.17) is 11.6 Å². The highest BCUT2D eigenvalue weighted by Crippen LogP contribution is 2.22. The first-order valence-electron chi connectivity index (χ1n) is 4.95. The van der Waals surface area contributed by atoms with Gasteiger partial charge in [-0.25, -0.2) is 0 Å². The highest BCUT2D eigenvalue weighted by Gasteiger charge is 2.38. The van der Waals surface area contributed by atoms with Crippen molar-refractivity contribution in [1.82, 2.24) is 0 Å². The van der Waals surface area contributed by atoms with E-state index in [0.717, 1.165) is 0 Å². The molecule has 0 bridgehead atoms. The van der Waals surface area contributed by atoms with E-state index in [1.807, 2.05) is 0 Å². The molecule has 1 fully saturated rings. The van der Waals surface area contributed by atoms with Gasteiger partial charge in [-0.05, 0) is 24.3 Å². The van der Waals surface area contributed by atoms with Crippen LogP contribution in [0, 0.1) is 5.92 Å². The number of halogens is 1. The van der Waals surface area contributed by atoms with Gasteiger partial charge in [-0.2, -0.15) is 0 Å². The van der Waals surface area contributed by atoms with Crippen molar-refractivity contribution in [2.45, 2.75) is 12.8 Å². The van der Waals surface area contributed by atoms with E-state index < -0.39 is 11.7 Å². The minimum atomic E-state index is -1.08. The first-order chi connectivity index (χ1) is 7.59. The average Bonchev–Trinajstić information content (AvgIpc) is 2.59. The molecule has 4 heteroatoms. The maximum absolute atomic E-state index is 11.9. The predicted octanol–water partition coefficient (Wildman–Crippen LogP) is 2.07. The smallest absolute Gasteiger partial charge is 0.180 e. The van der Waals surface area contributed by atoms with Gasteiger partial charge >= 0.3 is 0 Å². The molecule has 0 N–H and O–H groups in total. The Balaban J connectivity index is 2.28. The third-order valence-corrected chi connectivity index (χ3v) is 2.90. The molecule has 1 aliphatic carbocycles. The van der Waals surface area contributed by atoms with Crippen molar-refractivity contribution in [2.24, 2.45) is 5.92 Å². The molecule has 0 aliphatic heterocycles. The lowest BCUT2D eigenvalue weighted by Crippen LogP contribution is -2.24. The summed E-state index contributed by atoms with van der Waals surface area (Å²) in [5, 5.41) is 0.514. The lowest BCUT2D eigenvalue weighted by Gasteiger charge is -2.05. The Hall–Kier alpha value is -1.48. The average molecular weight is 237 g/mol.